The van der Waals surface area contributed by atoms with Crippen LogP contribution in [0.4, 0.5) is 4.39 Å². The summed E-state index contributed by atoms with van der Waals surface area (Å²) in [4.78, 5) is 0. The van der Waals surface area contributed by atoms with Crippen LogP contribution in [0.2, 0.25) is 0 Å². The maximum absolute atomic E-state index is 13.0. The zero-order valence-electron chi connectivity index (χ0n) is 10.1. The third-order valence-corrected chi connectivity index (χ3v) is 3.35. The van der Waals surface area contributed by atoms with Gasteiger partial charge < -0.3 is 0 Å². The number of halogens is 2. The van der Waals surface area contributed by atoms with Gasteiger partial charge in [0.15, 0.2) is 0 Å². The van der Waals surface area contributed by atoms with Crippen LogP contribution in [0.3, 0.4) is 0 Å². The van der Waals surface area contributed by atoms with E-state index in [1.165, 1.54) is 12.1 Å². The summed E-state index contributed by atoms with van der Waals surface area (Å²) in [7, 11) is 0. The van der Waals surface area contributed by atoms with Gasteiger partial charge in [-0.25, -0.2) is 4.39 Å². The molecule has 1 aromatic carbocycles. The number of hydrogen-bond acceptors (Lipinski definition) is 1. The van der Waals surface area contributed by atoms with E-state index in [4.69, 9.17) is 6.42 Å². The topological polar surface area (TPSA) is 12.0 Å². The Morgan fingerprint density at radius 2 is 2.24 bits per heavy atom. The molecule has 1 N–H and O–H groups in total. The predicted octanol–water partition coefficient (Wildman–Crippen LogP) is 4.04. The van der Waals surface area contributed by atoms with Gasteiger partial charge in [-0.1, -0.05) is 41.3 Å². The Hall–Kier alpha value is -0.850. The van der Waals surface area contributed by atoms with E-state index in [9.17, 15) is 4.39 Å². The van der Waals surface area contributed by atoms with Crippen molar-refractivity contribution in [3.8, 4) is 12.3 Å². The molecular weight excluding hydrogens is 281 g/mol. The van der Waals surface area contributed by atoms with Crippen LogP contribution in [0.5, 0.6) is 0 Å². The van der Waals surface area contributed by atoms with Crippen molar-refractivity contribution in [1.82, 2.24) is 5.32 Å². The number of nitrogens with one attached hydrogen (secondary N) is 1. The Kier molecular flexibility index (Phi) is 5.67. The lowest BCUT2D eigenvalue weighted by atomic mass is 10.1. The minimum atomic E-state index is -0.241. The van der Waals surface area contributed by atoms with Gasteiger partial charge in [0.2, 0.25) is 0 Å². The van der Waals surface area contributed by atoms with Crippen molar-refractivity contribution in [2.24, 2.45) is 0 Å². The third-order valence-electron chi connectivity index (χ3n) is 2.66. The summed E-state index contributed by atoms with van der Waals surface area (Å²) >= 11 is 3.37. The third kappa shape index (κ3) is 4.14. The molecule has 0 aliphatic heterocycles. The molecule has 1 rings (SSSR count). The molecule has 0 saturated heterocycles. The molecule has 0 fully saturated rings. The van der Waals surface area contributed by atoms with E-state index >= 15 is 0 Å². The molecule has 2 unspecified atom stereocenters. The van der Waals surface area contributed by atoms with Gasteiger partial charge in [0.05, 0.1) is 6.04 Å². The van der Waals surface area contributed by atoms with Crippen molar-refractivity contribution < 1.29 is 4.39 Å². The van der Waals surface area contributed by atoms with Crippen LogP contribution in [0.1, 0.15) is 38.3 Å². The van der Waals surface area contributed by atoms with E-state index in [1.807, 2.05) is 6.92 Å². The fraction of sp³-hybridized carbons (Fsp3) is 0.429. The molecular formula is C14H17BrFN. The Labute approximate surface area is 111 Å². The van der Waals surface area contributed by atoms with Gasteiger partial charge in [-0.15, -0.1) is 6.42 Å². The van der Waals surface area contributed by atoms with E-state index in [0.717, 1.165) is 22.9 Å². The fourth-order valence-electron chi connectivity index (χ4n) is 1.75. The van der Waals surface area contributed by atoms with Crippen LogP contribution in [0.25, 0.3) is 0 Å². The standard InChI is InChI=1S/C14H17BrFN/c1-4-6-12(5-2)17-10(3)13-8-7-11(16)9-14(13)15/h2,7-10,12,17H,4,6H2,1,3H3. The van der Waals surface area contributed by atoms with E-state index in [2.05, 4.69) is 34.1 Å². The van der Waals surface area contributed by atoms with Crippen LogP contribution in [0, 0.1) is 18.2 Å². The van der Waals surface area contributed by atoms with Crippen LogP contribution >= 0.6 is 15.9 Å². The lowest BCUT2D eigenvalue weighted by Gasteiger charge is -2.20. The quantitative estimate of drug-likeness (QED) is 0.809. The number of benzene rings is 1. The molecule has 0 aliphatic carbocycles. The van der Waals surface area contributed by atoms with Crippen molar-refractivity contribution in [1.29, 1.82) is 0 Å². The zero-order valence-corrected chi connectivity index (χ0v) is 11.7. The summed E-state index contributed by atoms with van der Waals surface area (Å²) in [5.74, 6) is 2.49. The Balaban J connectivity index is 2.75. The highest BCUT2D eigenvalue weighted by Gasteiger charge is 2.13. The second kappa shape index (κ2) is 6.78. The van der Waals surface area contributed by atoms with Crippen LogP contribution in [0.15, 0.2) is 22.7 Å². The number of terminal acetylenes is 1. The molecule has 0 radical (unpaired) electrons. The van der Waals surface area contributed by atoms with Crippen LogP contribution in [-0.2, 0) is 0 Å². The monoisotopic (exact) mass is 297 g/mol. The first-order valence-electron chi connectivity index (χ1n) is 5.75. The Bertz CT molecular complexity index is 411. The first-order valence-corrected chi connectivity index (χ1v) is 6.55. The van der Waals surface area contributed by atoms with E-state index in [0.29, 0.717) is 0 Å². The van der Waals surface area contributed by atoms with Gasteiger partial charge in [0.1, 0.15) is 5.82 Å². The normalized spacial score (nSPS) is 14.1. The van der Waals surface area contributed by atoms with Gasteiger partial charge in [-0.2, -0.15) is 0 Å². The predicted molar refractivity (Wildman–Crippen MR) is 73.2 cm³/mol. The van der Waals surface area contributed by atoms with Crippen molar-refractivity contribution in [3.63, 3.8) is 0 Å². The van der Waals surface area contributed by atoms with Gasteiger partial charge in [0, 0.05) is 10.5 Å². The minimum absolute atomic E-state index is 0.0620. The summed E-state index contributed by atoms with van der Waals surface area (Å²) in [5.41, 5.74) is 1.02. The number of hydrogen-bond donors (Lipinski definition) is 1. The molecule has 92 valence electrons. The van der Waals surface area contributed by atoms with Crippen LogP contribution < -0.4 is 5.32 Å². The van der Waals surface area contributed by atoms with Crippen molar-refractivity contribution in [3.05, 3.63) is 34.1 Å². The average molecular weight is 298 g/mol. The van der Waals surface area contributed by atoms with Gasteiger partial charge >= 0.3 is 0 Å². The molecule has 1 nitrogen and oxygen atoms in total. The summed E-state index contributed by atoms with van der Waals surface area (Å²) in [6.45, 7) is 4.13. The summed E-state index contributed by atoms with van der Waals surface area (Å²) < 4.78 is 13.7. The molecule has 0 bridgehead atoms. The van der Waals surface area contributed by atoms with E-state index in [1.54, 1.807) is 6.07 Å². The second-order valence-electron chi connectivity index (χ2n) is 4.06. The van der Waals surface area contributed by atoms with Gasteiger partial charge in [-0.3, -0.25) is 5.32 Å². The van der Waals surface area contributed by atoms with Crippen LogP contribution in [-0.4, -0.2) is 6.04 Å². The summed E-state index contributed by atoms with van der Waals surface area (Å²) in [5, 5.41) is 3.36. The Morgan fingerprint density at radius 3 is 2.76 bits per heavy atom. The summed E-state index contributed by atoms with van der Waals surface area (Å²) in [6, 6.07) is 4.86. The maximum Gasteiger partial charge on any atom is 0.124 e. The molecule has 3 heteroatoms. The van der Waals surface area contributed by atoms with Gasteiger partial charge in [0.25, 0.3) is 0 Å². The lowest BCUT2D eigenvalue weighted by Crippen LogP contribution is -2.30. The molecule has 0 saturated carbocycles. The molecule has 0 heterocycles. The summed E-state index contributed by atoms with van der Waals surface area (Å²) in [6.07, 6.45) is 7.45. The van der Waals surface area contributed by atoms with Crippen molar-refractivity contribution in [2.45, 2.75) is 38.8 Å². The largest absolute Gasteiger partial charge is 0.297 e. The Morgan fingerprint density at radius 1 is 1.53 bits per heavy atom. The van der Waals surface area contributed by atoms with Crippen molar-refractivity contribution in [2.75, 3.05) is 0 Å². The minimum Gasteiger partial charge on any atom is -0.297 e. The molecule has 1 aromatic rings. The highest BCUT2D eigenvalue weighted by atomic mass is 79.9. The first-order chi connectivity index (χ1) is 8.08. The number of rotatable bonds is 5. The molecule has 0 amide bonds. The lowest BCUT2D eigenvalue weighted by molar-refractivity contribution is 0.493. The highest BCUT2D eigenvalue weighted by Crippen LogP contribution is 2.24. The molecule has 2 atom stereocenters. The second-order valence-corrected chi connectivity index (χ2v) is 4.92. The van der Waals surface area contributed by atoms with Gasteiger partial charge in [-0.05, 0) is 31.0 Å². The molecule has 17 heavy (non-hydrogen) atoms. The SMILES string of the molecule is C#CC(CCC)NC(C)c1ccc(F)cc1Br. The van der Waals surface area contributed by atoms with E-state index < -0.39 is 0 Å². The van der Waals surface area contributed by atoms with E-state index in [-0.39, 0.29) is 17.9 Å². The average Bonchev–Trinajstić information content (AvgIpc) is 2.28. The first kappa shape index (κ1) is 14.2. The molecule has 0 spiro atoms. The fourth-order valence-corrected chi connectivity index (χ4v) is 2.44. The zero-order chi connectivity index (χ0) is 12.8. The highest BCUT2D eigenvalue weighted by molar-refractivity contribution is 9.10. The smallest absolute Gasteiger partial charge is 0.124 e. The molecule has 0 aliphatic rings. The van der Waals surface area contributed by atoms with Crippen molar-refractivity contribution >= 4 is 15.9 Å². The molecule has 0 aromatic heterocycles. The maximum atomic E-state index is 13.0.